The lowest BCUT2D eigenvalue weighted by Crippen LogP contribution is -2.45. The Morgan fingerprint density at radius 2 is 2.04 bits per heavy atom. The molecule has 5 nitrogen and oxygen atoms in total. The Labute approximate surface area is 144 Å². The van der Waals surface area contributed by atoms with Crippen molar-refractivity contribution in [3.8, 4) is 5.88 Å². The van der Waals surface area contributed by atoms with E-state index in [1.807, 2.05) is 11.0 Å². The molecule has 5 heteroatoms. The highest BCUT2D eigenvalue weighted by Gasteiger charge is 2.28. The average Bonchev–Trinajstić information content (AvgIpc) is 3.09. The summed E-state index contributed by atoms with van der Waals surface area (Å²) in [5.41, 5.74) is 0.643. The number of rotatable bonds is 5. The molecule has 132 valence electrons. The van der Waals surface area contributed by atoms with E-state index in [4.69, 9.17) is 9.47 Å². The van der Waals surface area contributed by atoms with Gasteiger partial charge in [-0.15, -0.1) is 0 Å². The fourth-order valence-corrected chi connectivity index (χ4v) is 3.68. The smallest absolute Gasteiger partial charge is 0.255 e. The Morgan fingerprint density at radius 1 is 1.25 bits per heavy atom. The third-order valence-electron chi connectivity index (χ3n) is 4.92. The zero-order chi connectivity index (χ0) is 16.9. The third-order valence-corrected chi connectivity index (χ3v) is 4.92. The predicted molar refractivity (Wildman–Crippen MR) is 92.3 cm³/mol. The molecule has 0 spiro atoms. The van der Waals surface area contributed by atoms with Crippen molar-refractivity contribution in [2.75, 3.05) is 13.2 Å². The first-order valence-electron chi connectivity index (χ1n) is 9.18. The molecule has 1 saturated carbocycles. The van der Waals surface area contributed by atoms with Crippen LogP contribution in [-0.2, 0) is 4.74 Å². The number of carbonyl (C=O) groups is 1. The monoisotopic (exact) mass is 332 g/mol. The second-order valence-corrected chi connectivity index (χ2v) is 7.09. The van der Waals surface area contributed by atoms with Gasteiger partial charge < -0.3 is 14.4 Å². The molecule has 0 N–H and O–H groups in total. The summed E-state index contributed by atoms with van der Waals surface area (Å²) in [7, 11) is 0. The van der Waals surface area contributed by atoms with Crippen LogP contribution in [0.1, 0.15) is 62.7 Å². The third kappa shape index (κ3) is 4.07. The van der Waals surface area contributed by atoms with Crippen LogP contribution in [0.4, 0.5) is 0 Å². The summed E-state index contributed by atoms with van der Waals surface area (Å²) < 4.78 is 11.1. The molecule has 1 unspecified atom stereocenters. The van der Waals surface area contributed by atoms with Gasteiger partial charge in [-0.3, -0.25) is 4.79 Å². The van der Waals surface area contributed by atoms with Crippen LogP contribution in [0.2, 0.25) is 0 Å². The van der Waals surface area contributed by atoms with E-state index >= 15 is 0 Å². The molecule has 1 atom stereocenters. The minimum atomic E-state index is 0.0773. The van der Waals surface area contributed by atoms with Crippen molar-refractivity contribution < 1.29 is 14.3 Å². The number of amides is 1. The molecule has 1 aliphatic heterocycles. The summed E-state index contributed by atoms with van der Waals surface area (Å²) in [4.78, 5) is 19.3. The van der Waals surface area contributed by atoms with E-state index < -0.39 is 0 Å². The van der Waals surface area contributed by atoms with Crippen molar-refractivity contribution in [2.24, 2.45) is 0 Å². The van der Waals surface area contributed by atoms with Crippen molar-refractivity contribution in [1.29, 1.82) is 0 Å². The summed E-state index contributed by atoms with van der Waals surface area (Å²) in [6.45, 7) is 5.55. The molecule has 0 bridgehead atoms. The fourth-order valence-electron chi connectivity index (χ4n) is 3.68. The lowest BCUT2D eigenvalue weighted by Gasteiger charge is -2.37. The van der Waals surface area contributed by atoms with Gasteiger partial charge in [-0.1, -0.05) is 19.3 Å². The van der Waals surface area contributed by atoms with Gasteiger partial charge in [0.1, 0.15) is 6.10 Å². The van der Waals surface area contributed by atoms with Gasteiger partial charge in [-0.2, -0.15) is 0 Å². The molecule has 1 aromatic heterocycles. The van der Waals surface area contributed by atoms with E-state index in [1.54, 1.807) is 12.3 Å². The molecule has 1 saturated heterocycles. The van der Waals surface area contributed by atoms with E-state index in [0.717, 1.165) is 25.9 Å². The lowest BCUT2D eigenvalue weighted by molar-refractivity contribution is 0.0554. The van der Waals surface area contributed by atoms with E-state index in [2.05, 4.69) is 18.8 Å². The first-order chi connectivity index (χ1) is 11.6. The van der Waals surface area contributed by atoms with Crippen molar-refractivity contribution in [1.82, 2.24) is 9.88 Å². The fraction of sp³-hybridized carbons (Fsp3) is 0.684. The highest BCUT2D eigenvalue weighted by molar-refractivity contribution is 5.94. The molecule has 1 amide bonds. The van der Waals surface area contributed by atoms with Gasteiger partial charge in [0.2, 0.25) is 5.88 Å². The van der Waals surface area contributed by atoms with E-state index in [1.165, 1.54) is 19.3 Å². The zero-order valence-electron chi connectivity index (χ0n) is 14.7. The molecule has 0 aromatic carbocycles. The predicted octanol–water partition coefficient (Wildman–Crippen LogP) is 3.43. The summed E-state index contributed by atoms with van der Waals surface area (Å²) in [6, 6.07) is 4.19. The number of hydrogen-bond acceptors (Lipinski definition) is 4. The van der Waals surface area contributed by atoms with Crippen molar-refractivity contribution in [2.45, 2.75) is 70.6 Å². The number of ether oxygens (including phenoxy) is 2. The van der Waals surface area contributed by atoms with Gasteiger partial charge in [0.25, 0.3) is 5.91 Å². The normalized spacial score (nSPS) is 21.9. The van der Waals surface area contributed by atoms with Crippen LogP contribution >= 0.6 is 0 Å². The summed E-state index contributed by atoms with van der Waals surface area (Å²) in [5.74, 6) is 0.649. The molecular formula is C19H28N2O3. The Hall–Kier alpha value is -1.62. The van der Waals surface area contributed by atoms with Gasteiger partial charge in [-0.25, -0.2) is 4.98 Å². The minimum absolute atomic E-state index is 0.0773. The number of aromatic nitrogens is 1. The van der Waals surface area contributed by atoms with Crippen LogP contribution in [0, 0.1) is 0 Å². The van der Waals surface area contributed by atoms with Crippen LogP contribution in [0.15, 0.2) is 18.3 Å². The maximum absolute atomic E-state index is 13.0. The van der Waals surface area contributed by atoms with E-state index in [0.29, 0.717) is 24.1 Å². The molecule has 3 rings (SSSR count). The topological polar surface area (TPSA) is 51.7 Å². The zero-order valence-corrected chi connectivity index (χ0v) is 14.7. The average molecular weight is 332 g/mol. The Balaban J connectivity index is 1.67. The standard InChI is InChI=1S/C19H28N2O3/c1-14(2)21(16-6-4-3-5-7-16)19(22)15-8-9-18(20-12-15)24-17-10-11-23-13-17/h8-9,12,14,16-17H,3-7,10-11,13H2,1-2H3. The molecular weight excluding hydrogens is 304 g/mol. The maximum atomic E-state index is 13.0. The van der Waals surface area contributed by atoms with Gasteiger partial charge >= 0.3 is 0 Å². The molecule has 1 aliphatic carbocycles. The van der Waals surface area contributed by atoms with Crippen LogP contribution in [0.3, 0.4) is 0 Å². The van der Waals surface area contributed by atoms with Crippen LogP contribution in [-0.4, -0.2) is 47.2 Å². The Bertz CT molecular complexity index is 532. The highest BCUT2D eigenvalue weighted by atomic mass is 16.5. The van der Waals surface area contributed by atoms with Crippen LogP contribution in [0.25, 0.3) is 0 Å². The van der Waals surface area contributed by atoms with E-state index in [-0.39, 0.29) is 18.1 Å². The first-order valence-corrected chi connectivity index (χ1v) is 9.18. The molecule has 1 aromatic rings. The Morgan fingerprint density at radius 3 is 2.62 bits per heavy atom. The summed E-state index contributed by atoms with van der Waals surface area (Å²) in [6.07, 6.45) is 8.56. The second-order valence-electron chi connectivity index (χ2n) is 7.09. The van der Waals surface area contributed by atoms with Crippen LogP contribution < -0.4 is 4.74 Å². The van der Waals surface area contributed by atoms with Crippen molar-refractivity contribution in [3.63, 3.8) is 0 Å². The van der Waals surface area contributed by atoms with Gasteiger partial charge in [0.05, 0.1) is 18.8 Å². The Kier molecular flexibility index (Phi) is 5.72. The molecule has 2 heterocycles. The largest absolute Gasteiger partial charge is 0.472 e. The molecule has 0 radical (unpaired) electrons. The molecule has 2 aliphatic rings. The lowest BCUT2D eigenvalue weighted by atomic mass is 9.93. The number of hydrogen-bond donors (Lipinski definition) is 0. The maximum Gasteiger partial charge on any atom is 0.255 e. The SMILES string of the molecule is CC(C)N(C(=O)c1ccc(OC2CCOC2)nc1)C1CCCCC1. The van der Waals surface area contributed by atoms with E-state index in [9.17, 15) is 4.79 Å². The van der Waals surface area contributed by atoms with Gasteiger partial charge in [0.15, 0.2) is 0 Å². The van der Waals surface area contributed by atoms with Crippen LogP contribution in [0.5, 0.6) is 5.88 Å². The molecule has 24 heavy (non-hydrogen) atoms. The number of carbonyl (C=O) groups excluding carboxylic acids is 1. The summed E-state index contributed by atoms with van der Waals surface area (Å²) in [5, 5.41) is 0. The minimum Gasteiger partial charge on any atom is -0.472 e. The summed E-state index contributed by atoms with van der Waals surface area (Å²) >= 11 is 0. The number of pyridine rings is 1. The number of nitrogens with zero attached hydrogens (tertiary/aromatic N) is 2. The van der Waals surface area contributed by atoms with Crippen molar-refractivity contribution >= 4 is 5.91 Å². The van der Waals surface area contributed by atoms with Gasteiger partial charge in [-0.05, 0) is 32.8 Å². The molecule has 2 fully saturated rings. The van der Waals surface area contributed by atoms with Gasteiger partial charge in [0, 0.05) is 30.8 Å². The first kappa shape index (κ1) is 17.2. The van der Waals surface area contributed by atoms with Crippen molar-refractivity contribution in [3.05, 3.63) is 23.9 Å². The quantitative estimate of drug-likeness (QED) is 0.829. The highest BCUT2D eigenvalue weighted by Crippen LogP contribution is 2.26. The second kappa shape index (κ2) is 7.97.